The Bertz CT molecular complexity index is 407. The maximum atomic E-state index is 9.26. The van der Waals surface area contributed by atoms with E-state index in [9.17, 15) is 5.11 Å². The van der Waals surface area contributed by atoms with Crippen LogP contribution in [0.1, 0.15) is 19.5 Å². The molecule has 0 aliphatic rings. The second kappa shape index (κ2) is 4.46. The van der Waals surface area contributed by atoms with E-state index in [1.807, 2.05) is 12.1 Å². The van der Waals surface area contributed by atoms with Gasteiger partial charge in [0, 0.05) is 6.20 Å². The largest absolute Gasteiger partial charge is 0.378 e. The van der Waals surface area contributed by atoms with Gasteiger partial charge in [-0.15, -0.1) is 0 Å². The van der Waals surface area contributed by atoms with Crippen LogP contribution in [0.15, 0.2) is 24.4 Å². The normalized spacial score (nSPS) is 9.36. The van der Waals surface area contributed by atoms with Crippen LogP contribution in [-0.2, 0) is 0 Å². The van der Waals surface area contributed by atoms with Gasteiger partial charge in [0.15, 0.2) is 0 Å². The smallest absolute Gasteiger partial charge is 0.120 e. The van der Waals surface area contributed by atoms with E-state index >= 15 is 0 Å². The van der Waals surface area contributed by atoms with Gasteiger partial charge in [-0.3, -0.25) is 0 Å². The molecule has 0 fully saturated rings. The van der Waals surface area contributed by atoms with Crippen LogP contribution < -0.4 is 0 Å². The Morgan fingerprint density at radius 3 is 2.64 bits per heavy atom. The summed E-state index contributed by atoms with van der Waals surface area (Å²) < 4.78 is 0. The van der Waals surface area contributed by atoms with Gasteiger partial charge in [0.05, 0.1) is 0 Å². The minimum Gasteiger partial charge on any atom is -0.378 e. The third-order valence-electron chi connectivity index (χ3n) is 1.29. The second-order valence-corrected chi connectivity index (χ2v) is 3.27. The lowest BCUT2D eigenvalue weighted by Crippen LogP contribution is -2.14. The van der Waals surface area contributed by atoms with E-state index in [1.165, 1.54) is 0 Å². The van der Waals surface area contributed by atoms with Crippen LogP contribution in [0.3, 0.4) is 0 Å². The topological polar surface area (TPSA) is 33.1 Å². The van der Waals surface area contributed by atoms with E-state index in [1.54, 1.807) is 26.1 Å². The van der Waals surface area contributed by atoms with Crippen molar-refractivity contribution in [1.29, 1.82) is 0 Å². The molecule has 0 aromatic carbocycles. The Morgan fingerprint density at radius 2 is 2.07 bits per heavy atom. The molecule has 14 heavy (non-hydrogen) atoms. The molecule has 1 N–H and O–H groups in total. The summed E-state index contributed by atoms with van der Waals surface area (Å²) in [5.41, 5.74) is -0.309. The molecule has 0 spiro atoms. The predicted octanol–water partition coefficient (Wildman–Crippen LogP) is 1.21. The first kappa shape index (κ1) is 10.3. The third-order valence-corrected chi connectivity index (χ3v) is 1.29. The SMILES string of the molecule is CC(C)(O)C#CC#Cc1ccccn1. The van der Waals surface area contributed by atoms with Crippen molar-refractivity contribution in [3.63, 3.8) is 0 Å². The lowest BCUT2D eigenvalue weighted by atomic mass is 10.1. The minimum absolute atomic E-state index is 0.678. The second-order valence-electron chi connectivity index (χ2n) is 3.27. The van der Waals surface area contributed by atoms with Gasteiger partial charge in [0.25, 0.3) is 0 Å². The molecule has 0 aliphatic heterocycles. The first-order chi connectivity index (χ1) is 6.58. The Morgan fingerprint density at radius 1 is 1.29 bits per heavy atom. The van der Waals surface area contributed by atoms with E-state index in [4.69, 9.17) is 0 Å². The Kier molecular flexibility index (Phi) is 3.29. The van der Waals surface area contributed by atoms with Crippen molar-refractivity contribution in [2.24, 2.45) is 0 Å². The van der Waals surface area contributed by atoms with Gasteiger partial charge in [0.1, 0.15) is 11.3 Å². The molecule has 0 saturated heterocycles. The molecule has 0 amide bonds. The predicted molar refractivity (Wildman–Crippen MR) is 55.2 cm³/mol. The van der Waals surface area contributed by atoms with E-state index < -0.39 is 5.60 Å². The van der Waals surface area contributed by atoms with Crippen LogP contribution >= 0.6 is 0 Å². The average molecular weight is 185 g/mol. The summed E-state index contributed by atoms with van der Waals surface area (Å²) >= 11 is 0. The third kappa shape index (κ3) is 4.30. The van der Waals surface area contributed by atoms with Gasteiger partial charge < -0.3 is 5.11 Å². The van der Waals surface area contributed by atoms with Gasteiger partial charge in [0.2, 0.25) is 0 Å². The van der Waals surface area contributed by atoms with Crippen molar-refractivity contribution in [2.75, 3.05) is 0 Å². The van der Waals surface area contributed by atoms with Gasteiger partial charge in [-0.25, -0.2) is 4.98 Å². The van der Waals surface area contributed by atoms with Crippen molar-refractivity contribution in [1.82, 2.24) is 4.98 Å². The van der Waals surface area contributed by atoms with Gasteiger partial charge in [-0.1, -0.05) is 12.0 Å². The molecule has 1 rings (SSSR count). The number of hydrogen-bond donors (Lipinski definition) is 1. The van der Waals surface area contributed by atoms with Gasteiger partial charge >= 0.3 is 0 Å². The lowest BCUT2D eigenvalue weighted by Gasteiger charge is -2.04. The summed E-state index contributed by atoms with van der Waals surface area (Å²) in [5, 5.41) is 9.26. The van der Waals surface area contributed by atoms with Crippen molar-refractivity contribution >= 4 is 0 Å². The molecule has 2 heteroatoms. The van der Waals surface area contributed by atoms with E-state index in [-0.39, 0.29) is 0 Å². The fourth-order valence-electron chi connectivity index (χ4n) is 0.716. The van der Waals surface area contributed by atoms with Crippen LogP contribution in [-0.4, -0.2) is 15.7 Å². The standard InChI is InChI=1S/C12H11NO/c1-12(2,14)9-5-3-7-11-8-4-6-10-13-11/h4,6,8,10,14H,1-2H3. The Hall–Kier alpha value is -1.77. The number of pyridine rings is 1. The maximum absolute atomic E-state index is 9.26. The summed E-state index contributed by atoms with van der Waals surface area (Å²) in [6.07, 6.45) is 1.67. The van der Waals surface area contributed by atoms with Crippen LogP contribution in [0.2, 0.25) is 0 Å². The number of aromatic nitrogens is 1. The van der Waals surface area contributed by atoms with Crippen molar-refractivity contribution in [3.8, 4) is 23.7 Å². The summed E-state index contributed by atoms with van der Waals surface area (Å²) in [6, 6.07) is 5.49. The van der Waals surface area contributed by atoms with E-state index in [0.717, 1.165) is 0 Å². The zero-order valence-electron chi connectivity index (χ0n) is 8.20. The Balaban J connectivity index is 2.70. The molecule has 0 unspecified atom stereocenters. The zero-order chi connectivity index (χ0) is 10.4. The number of aliphatic hydroxyl groups is 1. The minimum atomic E-state index is -0.987. The monoisotopic (exact) mass is 185 g/mol. The summed E-state index contributed by atoms with van der Waals surface area (Å²) in [4.78, 5) is 4.01. The molecule has 0 atom stereocenters. The quantitative estimate of drug-likeness (QED) is 0.616. The Labute approximate surface area is 84.0 Å². The molecular formula is C12H11NO. The van der Waals surface area contributed by atoms with Gasteiger partial charge in [-0.2, -0.15) is 0 Å². The first-order valence-electron chi connectivity index (χ1n) is 4.24. The summed E-state index contributed by atoms with van der Waals surface area (Å²) in [7, 11) is 0. The van der Waals surface area contributed by atoms with Crippen molar-refractivity contribution in [2.45, 2.75) is 19.4 Å². The molecule has 1 aromatic rings. The highest BCUT2D eigenvalue weighted by Gasteiger charge is 2.04. The van der Waals surface area contributed by atoms with Crippen LogP contribution in [0, 0.1) is 23.7 Å². The van der Waals surface area contributed by atoms with Crippen LogP contribution in [0.5, 0.6) is 0 Å². The molecule has 0 aliphatic carbocycles. The summed E-state index contributed by atoms with van der Waals surface area (Å²) in [6.45, 7) is 3.23. The van der Waals surface area contributed by atoms with Crippen LogP contribution in [0.25, 0.3) is 0 Å². The fraction of sp³-hybridized carbons (Fsp3) is 0.250. The number of hydrogen-bond acceptors (Lipinski definition) is 2. The molecule has 2 nitrogen and oxygen atoms in total. The highest BCUT2D eigenvalue weighted by Crippen LogP contribution is 1.95. The van der Waals surface area contributed by atoms with E-state index in [2.05, 4.69) is 28.7 Å². The van der Waals surface area contributed by atoms with E-state index in [0.29, 0.717) is 5.69 Å². The van der Waals surface area contributed by atoms with Crippen LogP contribution in [0.4, 0.5) is 0 Å². The molecule has 70 valence electrons. The molecule has 1 heterocycles. The number of nitrogens with zero attached hydrogens (tertiary/aromatic N) is 1. The average Bonchev–Trinajstić information content (AvgIpc) is 2.13. The lowest BCUT2D eigenvalue weighted by molar-refractivity contribution is 0.143. The first-order valence-corrected chi connectivity index (χ1v) is 4.24. The molecule has 0 bridgehead atoms. The van der Waals surface area contributed by atoms with Crippen molar-refractivity contribution in [3.05, 3.63) is 30.1 Å². The summed E-state index contributed by atoms with van der Waals surface area (Å²) in [5.74, 6) is 10.6. The van der Waals surface area contributed by atoms with Crippen molar-refractivity contribution < 1.29 is 5.11 Å². The maximum Gasteiger partial charge on any atom is 0.120 e. The molecule has 0 radical (unpaired) electrons. The molecular weight excluding hydrogens is 174 g/mol. The molecule has 0 saturated carbocycles. The number of rotatable bonds is 0. The highest BCUT2D eigenvalue weighted by molar-refractivity contribution is 5.36. The van der Waals surface area contributed by atoms with Gasteiger partial charge in [-0.05, 0) is 43.7 Å². The highest BCUT2D eigenvalue weighted by atomic mass is 16.3. The molecule has 1 aromatic heterocycles. The zero-order valence-corrected chi connectivity index (χ0v) is 8.20. The fourth-order valence-corrected chi connectivity index (χ4v) is 0.716.